The highest BCUT2D eigenvalue weighted by atomic mass is 28.3. The molecule has 0 N–H and O–H groups in total. The second kappa shape index (κ2) is 5.91. The Morgan fingerprint density at radius 2 is 1.73 bits per heavy atom. The molecule has 0 aliphatic carbocycles. The van der Waals surface area contributed by atoms with Crippen molar-refractivity contribution in [3.8, 4) is 0 Å². The fourth-order valence-electron chi connectivity index (χ4n) is 2.20. The van der Waals surface area contributed by atoms with E-state index in [1.165, 1.54) is 23.2 Å². The monoisotopic (exact) mass is 218 g/mol. The van der Waals surface area contributed by atoms with Crippen molar-refractivity contribution in [3.05, 3.63) is 42.0 Å². The molecular formula is C14H22Si. The minimum atomic E-state index is -0.563. The summed E-state index contributed by atoms with van der Waals surface area (Å²) in [4.78, 5) is 0. The van der Waals surface area contributed by atoms with Gasteiger partial charge in [0.15, 0.2) is 0 Å². The molecule has 1 heteroatoms. The Kier molecular flexibility index (Phi) is 4.83. The average Bonchev–Trinajstić information content (AvgIpc) is 2.30. The minimum Gasteiger partial charge on any atom is -0.0985 e. The average molecular weight is 218 g/mol. The molecule has 0 saturated heterocycles. The normalized spacial score (nSPS) is 12.8. The first kappa shape index (κ1) is 12.2. The molecule has 1 unspecified atom stereocenters. The van der Waals surface area contributed by atoms with Crippen LogP contribution < -0.4 is 0 Å². The van der Waals surface area contributed by atoms with Gasteiger partial charge in [0.25, 0.3) is 0 Å². The molecule has 0 amide bonds. The first-order chi connectivity index (χ1) is 7.22. The summed E-state index contributed by atoms with van der Waals surface area (Å²) in [6, 6.07) is 11.7. The number of benzene rings is 1. The molecule has 0 saturated carbocycles. The molecule has 82 valence electrons. The maximum absolute atomic E-state index is 3.78. The van der Waals surface area contributed by atoms with Gasteiger partial charge in [0, 0.05) is 8.80 Å². The van der Waals surface area contributed by atoms with E-state index in [9.17, 15) is 0 Å². The van der Waals surface area contributed by atoms with Crippen molar-refractivity contribution in [3.63, 3.8) is 0 Å². The fourth-order valence-corrected chi connectivity index (χ4v) is 4.96. The molecule has 0 aliphatic rings. The number of hydrogen-bond acceptors (Lipinski definition) is 0. The molecule has 0 bridgehead atoms. The largest absolute Gasteiger partial charge is 0.0985 e. The molecule has 0 nitrogen and oxygen atoms in total. The van der Waals surface area contributed by atoms with Gasteiger partial charge >= 0.3 is 0 Å². The predicted molar refractivity (Wildman–Crippen MR) is 73.1 cm³/mol. The van der Waals surface area contributed by atoms with Gasteiger partial charge in [-0.1, -0.05) is 69.8 Å². The van der Waals surface area contributed by atoms with Gasteiger partial charge in [-0.25, -0.2) is 0 Å². The smallest absolute Gasteiger partial charge is 0.0440 e. The molecule has 0 aromatic heterocycles. The molecule has 1 rings (SSSR count). The van der Waals surface area contributed by atoms with Crippen LogP contribution >= 0.6 is 0 Å². The highest BCUT2D eigenvalue weighted by Crippen LogP contribution is 2.23. The molecule has 0 heterocycles. The van der Waals surface area contributed by atoms with Crippen LogP contribution in [0.1, 0.15) is 37.4 Å². The van der Waals surface area contributed by atoms with Crippen molar-refractivity contribution >= 4 is 14.9 Å². The first-order valence-electron chi connectivity index (χ1n) is 5.95. The van der Waals surface area contributed by atoms with Crippen molar-refractivity contribution in [2.45, 2.75) is 38.4 Å². The van der Waals surface area contributed by atoms with Crippen LogP contribution in [0.25, 0.3) is 6.08 Å². The highest BCUT2D eigenvalue weighted by molar-refractivity contribution is 6.60. The van der Waals surface area contributed by atoms with Crippen molar-refractivity contribution in [1.82, 2.24) is 0 Å². The van der Waals surface area contributed by atoms with Gasteiger partial charge in [0.05, 0.1) is 0 Å². The van der Waals surface area contributed by atoms with Crippen LogP contribution in [0.3, 0.4) is 0 Å². The lowest BCUT2D eigenvalue weighted by Gasteiger charge is -2.20. The summed E-state index contributed by atoms with van der Waals surface area (Å²) in [5.41, 5.74) is 3.54. The van der Waals surface area contributed by atoms with E-state index in [0.29, 0.717) is 0 Å². The summed E-state index contributed by atoms with van der Waals surface area (Å²) in [7, 11) is -0.563. The van der Waals surface area contributed by atoms with E-state index in [1.807, 2.05) is 6.08 Å². The van der Waals surface area contributed by atoms with Crippen LogP contribution in [-0.4, -0.2) is 8.80 Å². The van der Waals surface area contributed by atoms with Crippen LogP contribution in [0.5, 0.6) is 0 Å². The van der Waals surface area contributed by atoms with E-state index in [0.717, 1.165) is 5.54 Å². The fraction of sp³-hybridized carbons (Fsp3) is 0.429. The number of hydrogen-bond donors (Lipinski definition) is 0. The quantitative estimate of drug-likeness (QED) is 0.649. The zero-order chi connectivity index (χ0) is 11.3. The zero-order valence-corrected chi connectivity index (χ0v) is 11.3. The van der Waals surface area contributed by atoms with Crippen LogP contribution in [0.4, 0.5) is 0 Å². The zero-order valence-electron chi connectivity index (χ0n) is 10.2. The Bertz CT molecular complexity index is 296. The summed E-state index contributed by atoms with van der Waals surface area (Å²) in [5.74, 6) is 0. The molecule has 0 radical (unpaired) electrons. The number of rotatable bonds is 5. The van der Waals surface area contributed by atoms with Gasteiger partial charge < -0.3 is 0 Å². The lowest BCUT2D eigenvalue weighted by Crippen LogP contribution is -2.18. The molecule has 0 fully saturated rings. The Hall–Kier alpha value is -0.823. The molecule has 0 aliphatic heterocycles. The molecule has 1 aromatic rings. The van der Waals surface area contributed by atoms with E-state index in [4.69, 9.17) is 0 Å². The van der Waals surface area contributed by atoms with E-state index in [1.54, 1.807) is 0 Å². The van der Waals surface area contributed by atoms with E-state index >= 15 is 0 Å². The summed E-state index contributed by atoms with van der Waals surface area (Å²) in [6.45, 7) is 10.9. The van der Waals surface area contributed by atoms with E-state index < -0.39 is 8.80 Å². The van der Waals surface area contributed by atoms with Crippen LogP contribution in [0, 0.1) is 0 Å². The minimum absolute atomic E-state index is 0.563. The van der Waals surface area contributed by atoms with Crippen LogP contribution in [0.15, 0.2) is 30.8 Å². The van der Waals surface area contributed by atoms with Gasteiger partial charge in [-0.05, 0) is 16.7 Å². The van der Waals surface area contributed by atoms with Gasteiger partial charge in [-0.3, -0.25) is 0 Å². The van der Waals surface area contributed by atoms with Crippen LogP contribution in [0.2, 0.25) is 12.1 Å². The SMILES string of the molecule is C=Cc1ccc(C(C)[SiH](CC)CC)cc1. The second-order valence-corrected chi connectivity index (χ2v) is 8.39. The lowest BCUT2D eigenvalue weighted by atomic mass is 10.1. The predicted octanol–water partition coefficient (Wildman–Crippen LogP) is 4.24. The van der Waals surface area contributed by atoms with Crippen molar-refractivity contribution in [1.29, 1.82) is 0 Å². The molecule has 0 spiro atoms. The molecule has 15 heavy (non-hydrogen) atoms. The highest BCUT2D eigenvalue weighted by Gasteiger charge is 2.16. The van der Waals surface area contributed by atoms with Gasteiger partial charge in [0.1, 0.15) is 0 Å². The van der Waals surface area contributed by atoms with Gasteiger partial charge in [-0.2, -0.15) is 0 Å². The Morgan fingerprint density at radius 1 is 1.20 bits per heavy atom. The summed E-state index contributed by atoms with van der Waals surface area (Å²) < 4.78 is 0. The Balaban J connectivity index is 2.81. The van der Waals surface area contributed by atoms with Crippen molar-refractivity contribution in [2.75, 3.05) is 0 Å². The van der Waals surface area contributed by atoms with E-state index in [2.05, 4.69) is 51.6 Å². The molecule has 1 aromatic carbocycles. The summed E-state index contributed by atoms with van der Waals surface area (Å²) in [5, 5.41) is 0. The van der Waals surface area contributed by atoms with Gasteiger partial charge in [-0.15, -0.1) is 0 Å². The first-order valence-corrected chi connectivity index (χ1v) is 8.25. The molecular weight excluding hydrogens is 196 g/mol. The summed E-state index contributed by atoms with van der Waals surface area (Å²) in [6.07, 6.45) is 1.91. The Morgan fingerprint density at radius 3 is 2.13 bits per heavy atom. The summed E-state index contributed by atoms with van der Waals surface area (Å²) >= 11 is 0. The van der Waals surface area contributed by atoms with E-state index in [-0.39, 0.29) is 0 Å². The second-order valence-electron chi connectivity index (χ2n) is 4.24. The third-order valence-corrected chi connectivity index (χ3v) is 7.35. The Labute approximate surface area is 95.6 Å². The standard InChI is InChI=1S/C14H22Si/c1-5-13-8-10-14(11-9-13)12(4)15(6-2)7-3/h5,8-12,15H,1,6-7H2,2-4H3. The van der Waals surface area contributed by atoms with Crippen molar-refractivity contribution < 1.29 is 0 Å². The third-order valence-electron chi connectivity index (χ3n) is 3.45. The topological polar surface area (TPSA) is 0 Å². The van der Waals surface area contributed by atoms with Gasteiger partial charge in [0.2, 0.25) is 0 Å². The molecule has 1 atom stereocenters. The van der Waals surface area contributed by atoms with Crippen LogP contribution in [-0.2, 0) is 0 Å². The lowest BCUT2D eigenvalue weighted by molar-refractivity contribution is 1.01. The maximum Gasteiger partial charge on any atom is 0.0440 e. The maximum atomic E-state index is 3.78. The van der Waals surface area contributed by atoms with Crippen molar-refractivity contribution in [2.24, 2.45) is 0 Å². The third kappa shape index (κ3) is 3.06.